The zero-order valence-corrected chi connectivity index (χ0v) is 18.5. The molecule has 2 amide bonds. The van der Waals surface area contributed by atoms with Crippen LogP contribution in [0.25, 0.3) is 10.9 Å². The van der Waals surface area contributed by atoms with Crippen LogP contribution in [0.4, 0.5) is 8.78 Å². The molecule has 0 bridgehead atoms. The standard InChI is InChI=1S/C26H20F2N4O3/c27-16-8-6-15(7-9-16)13-32-14-18-21(25(34)31-12-20-19(28)5-1-2-10-29-20)17-4-3-11-30-23(17)24(33)22(18)26(32)35/h1-4,6-11,33H,5,12-14H2,(H,31,34). The van der Waals surface area contributed by atoms with Gasteiger partial charge in [0.2, 0.25) is 0 Å². The Morgan fingerprint density at radius 1 is 1.17 bits per heavy atom. The molecule has 2 N–H and O–H groups in total. The van der Waals surface area contributed by atoms with Gasteiger partial charge in [-0.05, 0) is 29.8 Å². The molecule has 5 rings (SSSR count). The Balaban J connectivity index is 1.51. The molecule has 3 aromatic rings. The minimum absolute atomic E-state index is 0.00513. The quantitative estimate of drug-likeness (QED) is 0.580. The summed E-state index contributed by atoms with van der Waals surface area (Å²) < 4.78 is 27.6. The lowest BCUT2D eigenvalue weighted by molar-refractivity contribution is 0.0763. The molecule has 0 fully saturated rings. The third-order valence-electron chi connectivity index (χ3n) is 5.98. The van der Waals surface area contributed by atoms with Crippen molar-refractivity contribution in [2.24, 2.45) is 4.99 Å². The molecule has 2 aliphatic rings. The van der Waals surface area contributed by atoms with Crippen LogP contribution in [0.1, 0.15) is 38.3 Å². The maximum absolute atomic E-state index is 14.3. The van der Waals surface area contributed by atoms with Gasteiger partial charge >= 0.3 is 0 Å². The van der Waals surface area contributed by atoms with Crippen LogP contribution in [0.2, 0.25) is 0 Å². The molecule has 2 aliphatic heterocycles. The number of hydrogen-bond donors (Lipinski definition) is 2. The molecule has 0 atom stereocenters. The van der Waals surface area contributed by atoms with Crippen molar-refractivity contribution in [2.45, 2.75) is 19.5 Å². The van der Waals surface area contributed by atoms with Gasteiger partial charge in [-0.2, -0.15) is 0 Å². The summed E-state index contributed by atoms with van der Waals surface area (Å²) in [5, 5.41) is 14.0. The molecule has 0 saturated heterocycles. The number of nitrogens with one attached hydrogen (secondary N) is 1. The van der Waals surface area contributed by atoms with Crippen molar-refractivity contribution < 1.29 is 23.5 Å². The monoisotopic (exact) mass is 474 g/mol. The number of allylic oxidation sites excluding steroid dienone is 3. The molecule has 0 spiro atoms. The Kier molecular flexibility index (Phi) is 5.82. The highest BCUT2D eigenvalue weighted by molar-refractivity contribution is 6.15. The van der Waals surface area contributed by atoms with Crippen LogP contribution in [0, 0.1) is 5.82 Å². The Morgan fingerprint density at radius 3 is 2.77 bits per heavy atom. The van der Waals surface area contributed by atoms with Gasteiger partial charge in [-0.25, -0.2) is 8.78 Å². The molecular formula is C26H20F2N4O3. The Hall–Kier alpha value is -4.40. The van der Waals surface area contributed by atoms with Crippen LogP contribution in [0.5, 0.6) is 5.75 Å². The van der Waals surface area contributed by atoms with Gasteiger partial charge < -0.3 is 15.3 Å². The first kappa shape index (κ1) is 22.4. The van der Waals surface area contributed by atoms with Crippen LogP contribution in [0.15, 0.2) is 71.3 Å². The summed E-state index contributed by atoms with van der Waals surface area (Å²) in [6.45, 7) is 0.0805. The molecule has 0 unspecified atom stereocenters. The number of aliphatic imine (C=N–C) groups is 1. The lowest BCUT2D eigenvalue weighted by Gasteiger charge is -2.16. The lowest BCUT2D eigenvalue weighted by atomic mass is 9.96. The number of benzene rings is 2. The molecule has 0 saturated carbocycles. The first-order valence-electron chi connectivity index (χ1n) is 10.9. The summed E-state index contributed by atoms with van der Waals surface area (Å²) in [4.78, 5) is 36.3. The Bertz CT molecular complexity index is 1450. The summed E-state index contributed by atoms with van der Waals surface area (Å²) >= 11 is 0. The van der Waals surface area contributed by atoms with Crippen LogP contribution < -0.4 is 5.32 Å². The van der Waals surface area contributed by atoms with Gasteiger partial charge in [-0.15, -0.1) is 0 Å². The van der Waals surface area contributed by atoms with Gasteiger partial charge in [-0.3, -0.25) is 19.6 Å². The van der Waals surface area contributed by atoms with Gasteiger partial charge in [0.05, 0.1) is 23.4 Å². The highest BCUT2D eigenvalue weighted by Gasteiger charge is 2.36. The van der Waals surface area contributed by atoms with Crippen molar-refractivity contribution in [3.05, 3.63) is 94.3 Å². The molecule has 0 radical (unpaired) electrons. The van der Waals surface area contributed by atoms with E-state index in [1.165, 1.54) is 29.4 Å². The normalized spacial score (nSPS) is 15.0. The van der Waals surface area contributed by atoms with Gasteiger partial charge in [0.15, 0.2) is 5.75 Å². The van der Waals surface area contributed by atoms with E-state index in [-0.39, 0.29) is 60.0 Å². The number of phenolic OH excluding ortho intramolecular Hbond substituents is 1. The van der Waals surface area contributed by atoms with Crippen molar-refractivity contribution in [3.63, 3.8) is 0 Å². The fourth-order valence-corrected chi connectivity index (χ4v) is 4.30. The number of halogens is 2. The average Bonchev–Trinajstić information content (AvgIpc) is 3.02. The fraction of sp³-hybridized carbons (Fsp3) is 0.154. The minimum Gasteiger partial charge on any atom is -0.505 e. The number of aromatic nitrogens is 1. The van der Waals surface area contributed by atoms with Crippen LogP contribution in [-0.2, 0) is 13.1 Å². The summed E-state index contributed by atoms with van der Waals surface area (Å²) in [6, 6.07) is 9.01. The predicted octanol–water partition coefficient (Wildman–Crippen LogP) is 4.18. The second-order valence-corrected chi connectivity index (χ2v) is 8.21. The van der Waals surface area contributed by atoms with E-state index in [1.807, 2.05) is 0 Å². The smallest absolute Gasteiger partial charge is 0.258 e. The highest BCUT2D eigenvalue weighted by atomic mass is 19.1. The predicted molar refractivity (Wildman–Crippen MR) is 126 cm³/mol. The van der Waals surface area contributed by atoms with Gasteiger partial charge in [0.25, 0.3) is 11.8 Å². The van der Waals surface area contributed by atoms with E-state index in [9.17, 15) is 23.5 Å². The first-order chi connectivity index (χ1) is 16.9. The fourth-order valence-electron chi connectivity index (χ4n) is 4.30. The molecule has 0 aliphatic carbocycles. The number of amides is 2. The van der Waals surface area contributed by atoms with E-state index < -0.39 is 17.6 Å². The van der Waals surface area contributed by atoms with Gasteiger partial charge in [0, 0.05) is 42.9 Å². The van der Waals surface area contributed by atoms with E-state index in [0.717, 1.165) is 0 Å². The molecule has 35 heavy (non-hydrogen) atoms. The van der Waals surface area contributed by atoms with Gasteiger partial charge in [0.1, 0.15) is 17.2 Å². The lowest BCUT2D eigenvalue weighted by Crippen LogP contribution is -2.27. The number of carbonyl (C=O) groups excluding carboxylic acids is 2. The molecular weight excluding hydrogens is 454 g/mol. The maximum Gasteiger partial charge on any atom is 0.258 e. The summed E-state index contributed by atoms with van der Waals surface area (Å²) in [5.41, 5.74) is 1.47. The molecule has 1 aromatic heterocycles. The topological polar surface area (TPSA) is 94.9 Å². The van der Waals surface area contributed by atoms with Crippen molar-refractivity contribution in [2.75, 3.05) is 6.54 Å². The third kappa shape index (κ3) is 4.16. The molecule has 7 nitrogen and oxygen atoms in total. The second-order valence-electron chi connectivity index (χ2n) is 8.21. The van der Waals surface area contributed by atoms with E-state index in [2.05, 4.69) is 15.3 Å². The van der Waals surface area contributed by atoms with Crippen LogP contribution >= 0.6 is 0 Å². The number of pyridine rings is 1. The average molecular weight is 474 g/mol. The van der Waals surface area contributed by atoms with E-state index in [4.69, 9.17) is 0 Å². The molecule has 9 heteroatoms. The van der Waals surface area contributed by atoms with Gasteiger partial charge in [-0.1, -0.05) is 24.3 Å². The van der Waals surface area contributed by atoms with Crippen LogP contribution in [-0.4, -0.2) is 39.6 Å². The van der Waals surface area contributed by atoms with E-state index in [0.29, 0.717) is 16.5 Å². The number of fused-ring (bicyclic) bond motifs is 2. The zero-order valence-electron chi connectivity index (χ0n) is 18.5. The SMILES string of the molecule is O=C(NCC1=C(F)CC=CC=N1)c1c2c(c(O)c3ncccc13)C(=O)N(Cc1ccc(F)cc1)C2. The van der Waals surface area contributed by atoms with E-state index in [1.54, 1.807) is 36.4 Å². The number of phenols is 1. The zero-order chi connectivity index (χ0) is 24.5. The number of carbonyl (C=O) groups is 2. The number of nitrogens with zero attached hydrogens (tertiary/aromatic N) is 3. The summed E-state index contributed by atoms with van der Waals surface area (Å²) in [6.07, 6.45) is 6.25. The second kappa shape index (κ2) is 9.09. The van der Waals surface area contributed by atoms with Crippen molar-refractivity contribution in [1.82, 2.24) is 15.2 Å². The Labute approximate surface area is 199 Å². The highest BCUT2D eigenvalue weighted by Crippen LogP contribution is 2.40. The maximum atomic E-state index is 14.3. The van der Waals surface area contributed by atoms with Crippen molar-refractivity contribution in [3.8, 4) is 5.75 Å². The first-order valence-corrected chi connectivity index (χ1v) is 10.9. The van der Waals surface area contributed by atoms with Crippen molar-refractivity contribution >= 4 is 28.9 Å². The summed E-state index contributed by atoms with van der Waals surface area (Å²) in [7, 11) is 0. The van der Waals surface area contributed by atoms with Crippen molar-refractivity contribution in [1.29, 1.82) is 0 Å². The minimum atomic E-state index is -0.539. The third-order valence-corrected chi connectivity index (χ3v) is 5.98. The molecule has 176 valence electrons. The number of hydrogen-bond acceptors (Lipinski definition) is 5. The van der Waals surface area contributed by atoms with E-state index >= 15 is 0 Å². The Morgan fingerprint density at radius 2 is 1.97 bits per heavy atom. The molecule has 2 aromatic carbocycles. The number of rotatable bonds is 5. The molecule has 3 heterocycles. The largest absolute Gasteiger partial charge is 0.505 e. The summed E-state index contributed by atoms with van der Waals surface area (Å²) in [5.74, 6) is -2.13. The number of aromatic hydroxyl groups is 1. The van der Waals surface area contributed by atoms with Crippen LogP contribution in [0.3, 0.4) is 0 Å².